The number of carboxylic acid groups (broad SMARTS) is 4. The van der Waals surface area contributed by atoms with Crippen LogP contribution in [0, 0.1) is 0 Å². The van der Waals surface area contributed by atoms with Gasteiger partial charge in [0.05, 0.1) is 0 Å². The molecule has 0 spiro atoms. The number of carbonyl (C=O) groups is 8. The Morgan fingerprint density at radius 1 is 0.414 bits per heavy atom. The zero-order chi connectivity index (χ0) is 23.4. The maximum atomic E-state index is 9.83. The summed E-state index contributed by atoms with van der Waals surface area (Å²) < 4.78 is 0. The molecule has 0 amide bonds. The first-order valence-corrected chi connectivity index (χ1v) is 7.28. The van der Waals surface area contributed by atoms with E-state index < -0.39 is 49.6 Å². The van der Waals surface area contributed by atoms with E-state index in [2.05, 4.69) is 0 Å². The number of carboxylic acids is 4. The molecular weight excluding hydrogens is 568 g/mol. The Morgan fingerprint density at radius 2 is 0.517 bits per heavy atom. The van der Waals surface area contributed by atoms with E-state index in [-0.39, 0.29) is 44.2 Å². The monoisotopic (exact) mass is 588 g/mol. The van der Waals surface area contributed by atoms with Crippen molar-refractivity contribution in [2.45, 2.75) is 53.4 Å². The summed E-state index contributed by atoms with van der Waals surface area (Å²) in [7, 11) is 0. The van der Waals surface area contributed by atoms with E-state index in [9.17, 15) is 58.8 Å². The molecule has 0 bridgehead atoms. The average molecular weight is 588 g/mol. The van der Waals surface area contributed by atoms with Gasteiger partial charge in [-0.1, -0.05) is 0 Å². The van der Waals surface area contributed by atoms with Crippen molar-refractivity contribution in [3.05, 3.63) is 0 Å². The minimum Gasteiger partial charge on any atom is -0.550 e. The second kappa shape index (κ2) is 23.3. The summed E-state index contributed by atoms with van der Waals surface area (Å²) in [5.41, 5.74) is 0. The van der Waals surface area contributed by atoms with Crippen molar-refractivity contribution in [2.75, 3.05) is 0 Å². The number of hydrogen-bond acceptors (Lipinski definition) is 12. The molecule has 0 fully saturated rings. The Kier molecular flexibility index (Phi) is 29.8. The molecule has 162 valence electrons. The number of rotatable bonds is 8. The standard InChI is InChI=1S/4C4H6O3.W/c4*1-3(5)2-4(6)7;/h4*2H2,1H3,(H,6,7);/q;;;;+4/p-4. The second-order valence-electron chi connectivity index (χ2n) is 5.00. The molecule has 0 aromatic rings. The molecule has 0 unspecified atom stereocenters. The van der Waals surface area contributed by atoms with Crippen molar-refractivity contribution >= 4 is 47.0 Å². The van der Waals surface area contributed by atoms with Gasteiger partial charge in [-0.2, -0.15) is 0 Å². The van der Waals surface area contributed by atoms with Crippen LogP contribution in [0.5, 0.6) is 0 Å². The number of ketones is 4. The summed E-state index contributed by atoms with van der Waals surface area (Å²) in [6.45, 7) is 4.82. The molecule has 29 heavy (non-hydrogen) atoms. The Morgan fingerprint density at radius 3 is 0.517 bits per heavy atom. The zero-order valence-corrected chi connectivity index (χ0v) is 19.1. The van der Waals surface area contributed by atoms with Crippen molar-refractivity contribution in [2.24, 2.45) is 0 Å². The Labute approximate surface area is 180 Å². The maximum Gasteiger partial charge on any atom is 4.00 e. The Balaban J connectivity index is -0.0000000873. The number of carbonyl (C=O) groups excluding carboxylic acids is 8. The van der Waals surface area contributed by atoms with Crippen LogP contribution in [0.15, 0.2) is 0 Å². The van der Waals surface area contributed by atoms with Crippen molar-refractivity contribution in [3.63, 3.8) is 0 Å². The van der Waals surface area contributed by atoms with Crippen LogP contribution in [-0.2, 0) is 59.4 Å². The van der Waals surface area contributed by atoms with E-state index >= 15 is 0 Å². The van der Waals surface area contributed by atoms with Gasteiger partial charge >= 0.3 is 21.1 Å². The van der Waals surface area contributed by atoms with Crippen LogP contribution < -0.4 is 20.4 Å². The predicted molar refractivity (Wildman–Crippen MR) is 81.2 cm³/mol. The third kappa shape index (κ3) is 77.7. The van der Waals surface area contributed by atoms with Crippen LogP contribution in [0.3, 0.4) is 0 Å². The van der Waals surface area contributed by atoms with Gasteiger partial charge in [-0.3, -0.25) is 19.2 Å². The van der Waals surface area contributed by atoms with E-state index in [0.717, 1.165) is 0 Å². The van der Waals surface area contributed by atoms with Crippen LogP contribution in [0.1, 0.15) is 53.4 Å². The molecule has 0 aromatic heterocycles. The first-order valence-electron chi connectivity index (χ1n) is 7.28. The van der Waals surface area contributed by atoms with Gasteiger partial charge in [-0.05, 0) is 27.7 Å². The third-order valence-electron chi connectivity index (χ3n) is 1.57. The SMILES string of the molecule is CC(=O)CC(=O)[O-].CC(=O)CC(=O)[O-].CC(=O)CC(=O)[O-].CC(=O)CC(=O)[O-].[W+4]. The van der Waals surface area contributed by atoms with Gasteiger partial charge in [-0.15, -0.1) is 0 Å². The Hall–Kier alpha value is -2.75. The zero-order valence-electron chi connectivity index (χ0n) is 16.1. The van der Waals surface area contributed by atoms with E-state index in [1.165, 1.54) is 27.7 Å². The normalized spacial score (nSPS) is 7.86. The van der Waals surface area contributed by atoms with Crippen LogP contribution in [-0.4, -0.2) is 47.0 Å². The Bertz CT molecular complexity index is 443. The van der Waals surface area contributed by atoms with Crippen LogP contribution >= 0.6 is 0 Å². The average Bonchev–Trinajstić information content (AvgIpc) is 2.32. The molecule has 0 aliphatic carbocycles. The summed E-state index contributed by atoms with van der Waals surface area (Å²) in [6, 6.07) is 0. The summed E-state index contributed by atoms with van der Waals surface area (Å²) in [4.78, 5) is 77.2. The van der Waals surface area contributed by atoms with E-state index in [1.54, 1.807) is 0 Å². The molecule has 0 atom stereocenters. The van der Waals surface area contributed by atoms with Crippen molar-refractivity contribution < 1.29 is 79.8 Å². The second-order valence-corrected chi connectivity index (χ2v) is 5.00. The third-order valence-corrected chi connectivity index (χ3v) is 1.57. The van der Waals surface area contributed by atoms with Gasteiger partial charge in [0.1, 0.15) is 23.1 Å². The van der Waals surface area contributed by atoms with Crippen LogP contribution in [0.25, 0.3) is 0 Å². The van der Waals surface area contributed by atoms with E-state index in [0.29, 0.717) is 0 Å². The molecular formula is C16H20O12W. The fraction of sp³-hybridized carbons (Fsp3) is 0.500. The van der Waals surface area contributed by atoms with Crippen LogP contribution in [0.4, 0.5) is 0 Å². The summed E-state index contributed by atoms with van der Waals surface area (Å²) in [6.07, 6.45) is -1.89. The first-order chi connectivity index (χ1) is 12.5. The minimum absolute atomic E-state index is 0. The molecule has 0 aliphatic heterocycles. The van der Waals surface area contributed by atoms with Crippen LogP contribution in [0.2, 0.25) is 0 Å². The summed E-state index contributed by atoms with van der Waals surface area (Å²) in [5, 5.41) is 37.9. The van der Waals surface area contributed by atoms with Gasteiger partial charge in [0.25, 0.3) is 0 Å². The maximum absolute atomic E-state index is 9.83. The van der Waals surface area contributed by atoms with E-state index in [1.807, 2.05) is 0 Å². The smallest absolute Gasteiger partial charge is 0.550 e. The molecule has 13 heteroatoms. The quantitative estimate of drug-likeness (QED) is 0.243. The first kappa shape index (κ1) is 37.1. The van der Waals surface area contributed by atoms with Gasteiger partial charge < -0.3 is 39.6 Å². The number of aliphatic carboxylic acids is 4. The van der Waals surface area contributed by atoms with Crippen molar-refractivity contribution in [1.82, 2.24) is 0 Å². The van der Waals surface area contributed by atoms with Gasteiger partial charge in [0, 0.05) is 49.6 Å². The van der Waals surface area contributed by atoms with Crippen molar-refractivity contribution in [3.8, 4) is 0 Å². The van der Waals surface area contributed by atoms with Gasteiger partial charge in [0.2, 0.25) is 0 Å². The minimum atomic E-state index is -1.31. The molecule has 12 nitrogen and oxygen atoms in total. The molecule has 0 saturated carbocycles. The molecule has 0 radical (unpaired) electrons. The van der Waals surface area contributed by atoms with E-state index in [4.69, 9.17) is 0 Å². The fourth-order valence-electron chi connectivity index (χ4n) is 0.813. The predicted octanol–water partition coefficient (Wildman–Crippen LogP) is -5.14. The summed E-state index contributed by atoms with van der Waals surface area (Å²) in [5.74, 6) is -6.75. The largest absolute Gasteiger partial charge is 4.00 e. The fourth-order valence-corrected chi connectivity index (χ4v) is 0.813. The molecule has 0 rings (SSSR count). The van der Waals surface area contributed by atoms with Gasteiger partial charge in [0.15, 0.2) is 0 Å². The topological polar surface area (TPSA) is 229 Å². The number of hydrogen-bond donors (Lipinski definition) is 0. The van der Waals surface area contributed by atoms with Gasteiger partial charge in [-0.25, -0.2) is 0 Å². The summed E-state index contributed by atoms with van der Waals surface area (Å²) >= 11 is 0. The molecule has 0 heterocycles. The molecule has 0 N–H and O–H groups in total. The molecule has 0 saturated heterocycles. The molecule has 0 aliphatic rings. The molecule has 0 aromatic carbocycles. The van der Waals surface area contributed by atoms with Crippen molar-refractivity contribution in [1.29, 1.82) is 0 Å². The number of Topliss-reactive ketones (excluding diaryl/α,β-unsaturated/α-hetero) is 4.